The molecule has 1 amide bonds. The van der Waals surface area contributed by atoms with Crippen LogP contribution >= 0.6 is 15.9 Å². The summed E-state index contributed by atoms with van der Waals surface area (Å²) in [6.45, 7) is 1.03. The second-order valence-corrected chi connectivity index (χ2v) is 13.5. The first kappa shape index (κ1) is 27.7. The Balaban J connectivity index is 1.98. The first-order valence-corrected chi connectivity index (χ1v) is 15.3. The third-order valence-electron chi connectivity index (χ3n) is 6.30. The van der Waals surface area contributed by atoms with E-state index in [9.17, 15) is 26.4 Å². The van der Waals surface area contributed by atoms with E-state index in [0.717, 1.165) is 12.7 Å². The van der Waals surface area contributed by atoms with Crippen molar-refractivity contribution in [1.29, 1.82) is 0 Å². The van der Waals surface area contributed by atoms with Gasteiger partial charge in [-0.3, -0.25) is 9.59 Å². The second kappa shape index (κ2) is 10.5. The van der Waals surface area contributed by atoms with Crippen molar-refractivity contribution in [3.8, 4) is 0 Å². The van der Waals surface area contributed by atoms with Gasteiger partial charge in [0.1, 0.15) is 5.41 Å². The summed E-state index contributed by atoms with van der Waals surface area (Å²) < 4.78 is 60.1. The first-order chi connectivity index (χ1) is 17.9. The third-order valence-corrected chi connectivity index (χ3v) is 10.8. The number of sulfonamides is 1. The van der Waals surface area contributed by atoms with E-state index in [1.165, 1.54) is 36.4 Å². The molecule has 4 rings (SSSR count). The van der Waals surface area contributed by atoms with E-state index in [2.05, 4.69) is 15.9 Å². The summed E-state index contributed by atoms with van der Waals surface area (Å²) >= 11 is 3.38. The molecule has 3 aromatic rings. The Morgan fingerprint density at radius 1 is 0.895 bits per heavy atom. The fourth-order valence-electron chi connectivity index (χ4n) is 4.36. The van der Waals surface area contributed by atoms with Crippen LogP contribution in [0.2, 0.25) is 0 Å². The zero-order chi connectivity index (χ0) is 27.7. The first-order valence-electron chi connectivity index (χ1n) is 11.4. The molecule has 1 atom stereocenters. The maximum absolute atomic E-state index is 13.9. The molecule has 1 aliphatic heterocycles. The van der Waals surface area contributed by atoms with Crippen molar-refractivity contribution in [2.45, 2.75) is 16.7 Å². The van der Waals surface area contributed by atoms with Crippen LogP contribution < -0.4 is 0 Å². The van der Waals surface area contributed by atoms with Gasteiger partial charge in [-0.05, 0) is 52.7 Å². The fraction of sp³-hybridized carbons (Fsp3) is 0.185. The van der Waals surface area contributed by atoms with Crippen LogP contribution in [0.4, 0.5) is 0 Å². The molecule has 0 radical (unpaired) electrons. The second-order valence-electron chi connectivity index (χ2n) is 8.83. The number of hydrogen-bond acceptors (Lipinski definition) is 7. The molecule has 38 heavy (non-hydrogen) atoms. The highest BCUT2D eigenvalue weighted by Gasteiger charge is 2.60. The molecule has 1 heterocycles. The number of hydrogen-bond donors (Lipinski definition) is 0. The number of esters is 1. The van der Waals surface area contributed by atoms with Gasteiger partial charge >= 0.3 is 5.97 Å². The average molecular weight is 619 g/mol. The minimum absolute atomic E-state index is 0.0780. The van der Waals surface area contributed by atoms with E-state index in [0.29, 0.717) is 9.87 Å². The molecule has 1 aliphatic rings. The molecule has 8 nitrogen and oxygen atoms in total. The summed E-state index contributed by atoms with van der Waals surface area (Å²) in [5, 5.41) is 0. The number of rotatable bonds is 7. The molecular weight excluding hydrogens is 594 g/mol. The minimum Gasteiger partial charge on any atom is -0.468 e. The topological polar surface area (TPSA) is 115 Å². The lowest BCUT2D eigenvalue weighted by Gasteiger charge is -2.27. The van der Waals surface area contributed by atoms with Gasteiger partial charge in [0.05, 0.1) is 34.8 Å². The van der Waals surface area contributed by atoms with Crippen molar-refractivity contribution in [1.82, 2.24) is 4.31 Å². The van der Waals surface area contributed by atoms with Gasteiger partial charge in [0.2, 0.25) is 0 Å². The number of nitrogens with zero attached hydrogens (tertiary/aromatic N) is 1. The van der Waals surface area contributed by atoms with Gasteiger partial charge in [-0.15, -0.1) is 0 Å². The van der Waals surface area contributed by atoms with Crippen LogP contribution in [0.1, 0.15) is 11.1 Å². The Morgan fingerprint density at radius 2 is 1.45 bits per heavy atom. The van der Waals surface area contributed by atoms with Crippen LogP contribution in [-0.2, 0) is 34.2 Å². The lowest BCUT2D eigenvalue weighted by molar-refractivity contribution is -0.148. The quantitative estimate of drug-likeness (QED) is 0.291. The molecule has 198 valence electrons. The van der Waals surface area contributed by atoms with E-state index < -0.39 is 49.4 Å². The highest BCUT2D eigenvalue weighted by Crippen LogP contribution is 2.47. The molecule has 1 saturated heterocycles. The van der Waals surface area contributed by atoms with Crippen LogP contribution in [-0.4, -0.2) is 52.4 Å². The van der Waals surface area contributed by atoms with E-state index in [1.54, 1.807) is 55.5 Å². The molecule has 0 aliphatic carbocycles. The van der Waals surface area contributed by atoms with Gasteiger partial charge in [-0.1, -0.05) is 66.2 Å². The van der Waals surface area contributed by atoms with Gasteiger partial charge in [0.25, 0.3) is 15.9 Å². The van der Waals surface area contributed by atoms with Gasteiger partial charge in [-0.2, -0.15) is 0 Å². The molecule has 0 aromatic heterocycles. The predicted octanol–water partition coefficient (Wildman–Crippen LogP) is 3.97. The van der Waals surface area contributed by atoms with E-state index >= 15 is 0 Å². The van der Waals surface area contributed by atoms with E-state index in [4.69, 9.17) is 4.74 Å². The highest BCUT2D eigenvalue weighted by atomic mass is 79.9. The van der Waals surface area contributed by atoms with Gasteiger partial charge in [-0.25, -0.2) is 21.1 Å². The number of methoxy groups -OCH3 is 1. The van der Waals surface area contributed by atoms with Gasteiger partial charge in [0.15, 0.2) is 9.84 Å². The largest absolute Gasteiger partial charge is 0.468 e. The monoisotopic (exact) mass is 617 g/mol. The molecule has 1 unspecified atom stereocenters. The third kappa shape index (κ3) is 4.93. The standard InChI is InChI=1S/C27H24BrNO7S2/c1-19-13-15-22(16-14-19)38(34,35)29-17-27(26(31)36-2,18-37(32,33)21-11-7-4-8-12-21)23(25(29)30)24(28)20-9-5-3-6-10-20/h3-16H,17-18H2,1-2H3. The highest BCUT2D eigenvalue weighted by molar-refractivity contribution is 9.15. The van der Waals surface area contributed by atoms with Crippen molar-refractivity contribution < 1.29 is 31.2 Å². The molecule has 0 saturated carbocycles. The summed E-state index contributed by atoms with van der Waals surface area (Å²) in [7, 11) is -7.59. The molecule has 0 spiro atoms. The Morgan fingerprint density at radius 3 is 2.00 bits per heavy atom. The smallest absolute Gasteiger partial charge is 0.319 e. The van der Waals surface area contributed by atoms with Crippen molar-refractivity contribution in [3.05, 3.63) is 102 Å². The van der Waals surface area contributed by atoms with Gasteiger partial charge in [0, 0.05) is 4.48 Å². The number of halogens is 1. The van der Waals surface area contributed by atoms with Gasteiger partial charge < -0.3 is 4.74 Å². The van der Waals surface area contributed by atoms with Crippen LogP contribution in [0.3, 0.4) is 0 Å². The van der Waals surface area contributed by atoms with Crippen LogP contribution in [0.25, 0.3) is 4.48 Å². The summed E-state index contributed by atoms with van der Waals surface area (Å²) in [5.41, 5.74) is -1.21. The van der Waals surface area contributed by atoms with Crippen molar-refractivity contribution in [2.75, 3.05) is 19.4 Å². The fourth-order valence-corrected chi connectivity index (χ4v) is 8.35. The van der Waals surface area contributed by atoms with Crippen LogP contribution in [0.15, 0.2) is 100 Å². The van der Waals surface area contributed by atoms with Crippen molar-refractivity contribution in [3.63, 3.8) is 0 Å². The lowest BCUT2D eigenvalue weighted by Crippen LogP contribution is -2.43. The summed E-state index contributed by atoms with van der Waals surface area (Å²) in [6, 6.07) is 21.7. The molecular formula is C27H24BrNO7S2. The maximum Gasteiger partial charge on any atom is 0.319 e. The molecule has 0 bridgehead atoms. The van der Waals surface area contributed by atoms with Crippen LogP contribution in [0.5, 0.6) is 0 Å². The average Bonchev–Trinajstić information content (AvgIpc) is 3.21. The Bertz CT molecular complexity index is 1620. The number of carbonyl (C=O) groups excluding carboxylic acids is 2. The van der Waals surface area contributed by atoms with Crippen molar-refractivity contribution >= 4 is 52.1 Å². The molecule has 0 N–H and O–H groups in total. The zero-order valence-corrected chi connectivity index (χ0v) is 23.7. The number of carbonyl (C=O) groups is 2. The van der Waals surface area contributed by atoms with E-state index in [1.807, 2.05) is 0 Å². The number of ether oxygens (including phenoxy) is 1. The number of aryl methyl sites for hydroxylation is 1. The number of sulfone groups is 1. The minimum atomic E-state index is -4.46. The Kier molecular flexibility index (Phi) is 7.64. The Hall–Kier alpha value is -3.28. The van der Waals surface area contributed by atoms with E-state index in [-0.39, 0.29) is 19.8 Å². The Labute approximate surface area is 230 Å². The summed E-state index contributed by atoms with van der Waals surface area (Å²) in [6.07, 6.45) is 0. The normalized spacial score (nSPS) is 19.3. The number of benzene rings is 3. The maximum atomic E-state index is 13.9. The zero-order valence-electron chi connectivity index (χ0n) is 20.5. The summed E-state index contributed by atoms with van der Waals surface area (Å²) in [4.78, 5) is 27.2. The molecule has 3 aromatic carbocycles. The lowest BCUT2D eigenvalue weighted by atomic mass is 9.83. The number of amides is 1. The van der Waals surface area contributed by atoms with Crippen LogP contribution in [0, 0.1) is 12.3 Å². The SMILES string of the molecule is COC(=O)C1(CS(=O)(=O)c2ccccc2)CN(S(=O)(=O)c2ccc(C)cc2)C(=O)C1=C(Br)c1ccccc1. The summed E-state index contributed by atoms with van der Waals surface area (Å²) in [5.74, 6) is -2.95. The predicted molar refractivity (Wildman–Crippen MR) is 145 cm³/mol. The van der Waals surface area contributed by atoms with Crippen molar-refractivity contribution in [2.24, 2.45) is 5.41 Å². The molecule has 11 heteroatoms. The molecule has 1 fully saturated rings.